The first-order valence-electron chi connectivity index (χ1n) is 5.81. The van der Waals surface area contributed by atoms with Crippen LogP contribution < -0.4 is 5.73 Å². The monoisotopic (exact) mass is 355 g/mol. The Morgan fingerprint density at radius 3 is 2.55 bits per heavy atom. The van der Waals surface area contributed by atoms with E-state index < -0.39 is 10.0 Å². The maximum absolute atomic E-state index is 12.5. The summed E-state index contributed by atoms with van der Waals surface area (Å²) in [5, 5.41) is 0. The highest BCUT2D eigenvalue weighted by atomic mass is 79.9. The molecule has 0 saturated heterocycles. The summed E-state index contributed by atoms with van der Waals surface area (Å²) in [7, 11) is -2.11. The van der Waals surface area contributed by atoms with Gasteiger partial charge >= 0.3 is 0 Å². The number of benzene rings is 1. The van der Waals surface area contributed by atoms with Gasteiger partial charge in [0.15, 0.2) is 0 Å². The van der Waals surface area contributed by atoms with Crippen molar-refractivity contribution in [3.63, 3.8) is 0 Å². The van der Waals surface area contributed by atoms with E-state index >= 15 is 0 Å². The van der Waals surface area contributed by atoms with Crippen LogP contribution >= 0.6 is 15.9 Å². The van der Waals surface area contributed by atoms with Gasteiger partial charge in [-0.2, -0.15) is 4.31 Å². The van der Waals surface area contributed by atoms with Crippen LogP contribution in [0.15, 0.2) is 52.1 Å². The van der Waals surface area contributed by atoms with Crippen molar-refractivity contribution < 1.29 is 8.42 Å². The van der Waals surface area contributed by atoms with Crippen molar-refractivity contribution in [1.29, 1.82) is 0 Å². The van der Waals surface area contributed by atoms with E-state index in [-0.39, 0.29) is 17.1 Å². The molecule has 0 aliphatic heterocycles. The zero-order chi connectivity index (χ0) is 14.8. The number of nitrogens with zero attached hydrogens (tertiary/aromatic N) is 2. The number of halogens is 1. The van der Waals surface area contributed by atoms with Gasteiger partial charge in [-0.3, -0.25) is 4.98 Å². The molecular weight excluding hydrogens is 342 g/mol. The van der Waals surface area contributed by atoms with Gasteiger partial charge in [0.25, 0.3) is 0 Å². The molecule has 1 aromatic carbocycles. The fourth-order valence-corrected chi connectivity index (χ4v) is 3.54. The van der Waals surface area contributed by atoms with E-state index in [0.29, 0.717) is 4.47 Å². The zero-order valence-electron chi connectivity index (χ0n) is 10.8. The molecule has 0 radical (unpaired) electrons. The van der Waals surface area contributed by atoms with Crippen LogP contribution in [-0.4, -0.2) is 24.8 Å². The van der Waals surface area contributed by atoms with Gasteiger partial charge in [-0.1, -0.05) is 15.9 Å². The van der Waals surface area contributed by atoms with Crippen LogP contribution in [0, 0.1) is 0 Å². The van der Waals surface area contributed by atoms with Crippen LogP contribution in [0.3, 0.4) is 0 Å². The fourth-order valence-electron chi connectivity index (χ4n) is 1.73. The van der Waals surface area contributed by atoms with Crippen molar-refractivity contribution in [2.24, 2.45) is 0 Å². The normalized spacial score (nSPS) is 11.8. The van der Waals surface area contributed by atoms with E-state index in [1.54, 1.807) is 36.7 Å². The number of sulfonamides is 1. The third-order valence-corrected chi connectivity index (χ3v) is 5.17. The van der Waals surface area contributed by atoms with Crippen LogP contribution in [0.1, 0.15) is 5.56 Å². The summed E-state index contributed by atoms with van der Waals surface area (Å²) in [5.74, 6) is 0. The predicted molar refractivity (Wildman–Crippen MR) is 81.4 cm³/mol. The summed E-state index contributed by atoms with van der Waals surface area (Å²) < 4.78 is 27.0. The molecule has 2 rings (SSSR count). The average Bonchev–Trinajstić information content (AvgIpc) is 2.42. The van der Waals surface area contributed by atoms with Crippen LogP contribution in [-0.2, 0) is 16.6 Å². The van der Waals surface area contributed by atoms with Gasteiger partial charge in [0.2, 0.25) is 10.0 Å². The highest BCUT2D eigenvalue weighted by Gasteiger charge is 2.23. The number of nitrogen functional groups attached to an aromatic ring is 1. The topological polar surface area (TPSA) is 76.3 Å². The minimum atomic E-state index is -3.63. The minimum absolute atomic E-state index is 0.100. The molecule has 20 heavy (non-hydrogen) atoms. The molecule has 0 spiro atoms. The van der Waals surface area contributed by atoms with Crippen molar-refractivity contribution in [3.05, 3.63) is 52.8 Å². The lowest BCUT2D eigenvalue weighted by Crippen LogP contribution is -2.27. The van der Waals surface area contributed by atoms with Crippen LogP contribution in [0.25, 0.3) is 0 Å². The minimum Gasteiger partial charge on any atom is -0.398 e. The van der Waals surface area contributed by atoms with Crippen molar-refractivity contribution in [2.75, 3.05) is 12.8 Å². The second-order valence-corrected chi connectivity index (χ2v) is 7.23. The molecule has 0 aliphatic rings. The van der Waals surface area contributed by atoms with Gasteiger partial charge in [-0.15, -0.1) is 0 Å². The molecule has 0 aliphatic carbocycles. The Bertz CT molecular complexity index is 705. The smallest absolute Gasteiger partial charge is 0.245 e. The van der Waals surface area contributed by atoms with E-state index in [1.807, 2.05) is 0 Å². The Morgan fingerprint density at radius 1 is 1.25 bits per heavy atom. The number of anilines is 1. The van der Waals surface area contributed by atoms with E-state index in [9.17, 15) is 8.42 Å². The van der Waals surface area contributed by atoms with Crippen LogP contribution in [0.5, 0.6) is 0 Å². The van der Waals surface area contributed by atoms with Gasteiger partial charge in [-0.25, -0.2) is 8.42 Å². The summed E-state index contributed by atoms with van der Waals surface area (Å²) in [6.07, 6.45) is 3.26. The summed E-state index contributed by atoms with van der Waals surface area (Å²) in [5.41, 5.74) is 6.86. The Labute approximate surface area is 126 Å². The first-order chi connectivity index (χ1) is 9.41. The molecule has 0 saturated carbocycles. The lowest BCUT2D eigenvalue weighted by molar-refractivity contribution is 0.467. The molecule has 0 fully saturated rings. The summed E-state index contributed by atoms with van der Waals surface area (Å²) in [4.78, 5) is 4.00. The molecule has 2 N–H and O–H groups in total. The number of nitrogens with two attached hydrogens (primary N) is 1. The number of hydrogen-bond donors (Lipinski definition) is 1. The van der Waals surface area contributed by atoms with Gasteiger partial charge < -0.3 is 5.73 Å². The van der Waals surface area contributed by atoms with Crippen molar-refractivity contribution in [2.45, 2.75) is 11.4 Å². The summed E-state index contributed by atoms with van der Waals surface area (Å²) in [6.45, 7) is 0.261. The molecule has 0 atom stereocenters. The SMILES string of the molecule is CN(Cc1ccncc1)S(=O)(=O)c1cc(Br)ccc1N. The van der Waals surface area contributed by atoms with Crippen molar-refractivity contribution in [3.8, 4) is 0 Å². The largest absolute Gasteiger partial charge is 0.398 e. The maximum atomic E-state index is 12.5. The number of pyridine rings is 1. The van der Waals surface area contributed by atoms with Gasteiger partial charge in [0, 0.05) is 30.5 Å². The number of aromatic nitrogens is 1. The van der Waals surface area contributed by atoms with E-state index in [0.717, 1.165) is 5.56 Å². The van der Waals surface area contributed by atoms with Gasteiger partial charge in [0.1, 0.15) is 4.90 Å². The Balaban J connectivity index is 2.32. The first kappa shape index (κ1) is 15.0. The van der Waals surface area contributed by atoms with Crippen molar-refractivity contribution >= 4 is 31.6 Å². The Hall–Kier alpha value is -1.44. The molecule has 1 aromatic heterocycles. The highest BCUT2D eigenvalue weighted by Crippen LogP contribution is 2.26. The molecule has 1 heterocycles. The standard InChI is InChI=1S/C13H14BrN3O2S/c1-17(9-10-4-6-16-7-5-10)20(18,19)13-8-11(14)2-3-12(13)15/h2-8H,9,15H2,1H3. The lowest BCUT2D eigenvalue weighted by Gasteiger charge is -2.18. The van der Waals surface area contributed by atoms with Crippen LogP contribution in [0.4, 0.5) is 5.69 Å². The molecule has 106 valence electrons. The third kappa shape index (κ3) is 3.17. The van der Waals surface area contributed by atoms with E-state index in [1.165, 1.54) is 17.4 Å². The molecule has 7 heteroatoms. The Kier molecular flexibility index (Phi) is 4.42. The fraction of sp³-hybridized carbons (Fsp3) is 0.154. The lowest BCUT2D eigenvalue weighted by atomic mass is 10.3. The zero-order valence-corrected chi connectivity index (χ0v) is 13.2. The molecular formula is C13H14BrN3O2S. The Morgan fingerprint density at radius 2 is 1.90 bits per heavy atom. The third-order valence-electron chi connectivity index (χ3n) is 2.82. The van der Waals surface area contributed by atoms with E-state index in [4.69, 9.17) is 5.73 Å². The first-order valence-corrected chi connectivity index (χ1v) is 8.05. The number of rotatable bonds is 4. The molecule has 0 bridgehead atoms. The van der Waals surface area contributed by atoms with Gasteiger partial charge in [-0.05, 0) is 35.9 Å². The highest BCUT2D eigenvalue weighted by molar-refractivity contribution is 9.10. The molecule has 0 unspecified atom stereocenters. The molecule has 0 amide bonds. The summed E-state index contributed by atoms with van der Waals surface area (Å²) >= 11 is 3.26. The van der Waals surface area contributed by atoms with Crippen molar-refractivity contribution in [1.82, 2.24) is 9.29 Å². The van der Waals surface area contributed by atoms with E-state index in [2.05, 4.69) is 20.9 Å². The predicted octanol–water partition coefficient (Wildman–Crippen LogP) is 2.25. The van der Waals surface area contributed by atoms with Gasteiger partial charge in [0.05, 0.1) is 5.69 Å². The van der Waals surface area contributed by atoms with Crippen LogP contribution in [0.2, 0.25) is 0 Å². The maximum Gasteiger partial charge on any atom is 0.245 e. The second kappa shape index (κ2) is 5.90. The second-order valence-electron chi connectivity index (χ2n) is 4.30. The average molecular weight is 356 g/mol. The molecule has 5 nitrogen and oxygen atoms in total. The number of hydrogen-bond acceptors (Lipinski definition) is 4. The molecule has 2 aromatic rings. The summed E-state index contributed by atoms with van der Waals surface area (Å²) in [6, 6.07) is 8.33. The quantitative estimate of drug-likeness (QED) is 0.853.